The summed E-state index contributed by atoms with van der Waals surface area (Å²) in [7, 11) is 0. The van der Waals surface area contributed by atoms with Gasteiger partial charge in [-0.15, -0.1) is 0 Å². The standard InChI is InChI=1S/C11H15N3O2/c15-10(5-11(16)7-12-8-11)14-6-9-3-1-2-4-13-9/h1-4,12,16H,5-8H2,(H,14,15). The molecule has 0 saturated carbocycles. The van der Waals surface area contributed by atoms with Crippen molar-refractivity contribution in [1.82, 2.24) is 15.6 Å². The van der Waals surface area contributed by atoms with Gasteiger partial charge in [0, 0.05) is 19.3 Å². The molecule has 1 aliphatic heterocycles. The lowest BCUT2D eigenvalue weighted by Crippen LogP contribution is -2.61. The van der Waals surface area contributed by atoms with Crippen molar-refractivity contribution in [3.8, 4) is 0 Å². The molecule has 2 heterocycles. The first-order chi connectivity index (χ1) is 7.68. The van der Waals surface area contributed by atoms with Gasteiger partial charge < -0.3 is 15.7 Å². The van der Waals surface area contributed by atoms with Crippen LogP contribution in [0.3, 0.4) is 0 Å². The highest BCUT2D eigenvalue weighted by Gasteiger charge is 2.36. The Morgan fingerprint density at radius 2 is 2.38 bits per heavy atom. The molecule has 86 valence electrons. The average Bonchev–Trinajstić information content (AvgIpc) is 2.26. The predicted molar refractivity (Wildman–Crippen MR) is 58.5 cm³/mol. The smallest absolute Gasteiger partial charge is 0.223 e. The molecule has 0 aromatic carbocycles. The Balaban J connectivity index is 1.76. The largest absolute Gasteiger partial charge is 0.387 e. The second-order valence-electron chi connectivity index (χ2n) is 4.10. The summed E-state index contributed by atoms with van der Waals surface area (Å²) in [5.41, 5.74) is -0.0386. The molecule has 1 fully saturated rings. The first-order valence-electron chi connectivity index (χ1n) is 5.28. The normalized spacial score (nSPS) is 17.6. The summed E-state index contributed by atoms with van der Waals surface area (Å²) in [4.78, 5) is 15.6. The van der Waals surface area contributed by atoms with Crippen molar-refractivity contribution in [3.05, 3.63) is 30.1 Å². The van der Waals surface area contributed by atoms with Crippen molar-refractivity contribution in [3.63, 3.8) is 0 Å². The minimum atomic E-state index is -0.853. The predicted octanol–water partition coefficient (Wildman–Crippen LogP) is -0.578. The summed E-state index contributed by atoms with van der Waals surface area (Å²) in [6, 6.07) is 5.55. The molecule has 0 atom stereocenters. The van der Waals surface area contributed by atoms with E-state index in [4.69, 9.17) is 0 Å². The van der Waals surface area contributed by atoms with Gasteiger partial charge in [-0.3, -0.25) is 9.78 Å². The number of pyridine rings is 1. The quantitative estimate of drug-likeness (QED) is 0.636. The Labute approximate surface area is 93.9 Å². The third-order valence-electron chi connectivity index (χ3n) is 2.59. The molecular formula is C11H15N3O2. The molecule has 5 nitrogen and oxygen atoms in total. The molecule has 5 heteroatoms. The molecule has 1 amide bonds. The highest BCUT2D eigenvalue weighted by atomic mass is 16.3. The van der Waals surface area contributed by atoms with Crippen molar-refractivity contribution in [2.45, 2.75) is 18.6 Å². The fraction of sp³-hybridized carbons (Fsp3) is 0.455. The van der Waals surface area contributed by atoms with Crippen LogP contribution < -0.4 is 10.6 Å². The fourth-order valence-electron chi connectivity index (χ4n) is 1.59. The minimum absolute atomic E-state index is 0.144. The third-order valence-corrected chi connectivity index (χ3v) is 2.59. The number of β-amino-alcohol motifs (C(OH)–C–C–N with tert-alkyl or cyclic N) is 1. The van der Waals surface area contributed by atoms with Crippen molar-refractivity contribution >= 4 is 5.91 Å². The van der Waals surface area contributed by atoms with Crippen LogP contribution in [0.5, 0.6) is 0 Å². The number of nitrogens with zero attached hydrogens (tertiary/aromatic N) is 1. The molecule has 1 aromatic heterocycles. The van der Waals surface area contributed by atoms with Crippen LogP contribution in [0.1, 0.15) is 12.1 Å². The number of hydrogen-bond donors (Lipinski definition) is 3. The SMILES string of the molecule is O=C(CC1(O)CNC1)NCc1ccccn1. The van der Waals surface area contributed by atoms with E-state index in [9.17, 15) is 9.90 Å². The molecule has 16 heavy (non-hydrogen) atoms. The number of hydrogen-bond acceptors (Lipinski definition) is 4. The topological polar surface area (TPSA) is 74.2 Å². The highest BCUT2D eigenvalue weighted by Crippen LogP contribution is 2.14. The second-order valence-corrected chi connectivity index (χ2v) is 4.10. The molecule has 1 aliphatic rings. The minimum Gasteiger partial charge on any atom is -0.387 e. The molecule has 0 unspecified atom stereocenters. The Morgan fingerprint density at radius 1 is 1.56 bits per heavy atom. The lowest BCUT2D eigenvalue weighted by atomic mass is 9.93. The van der Waals surface area contributed by atoms with Gasteiger partial charge >= 0.3 is 0 Å². The highest BCUT2D eigenvalue weighted by molar-refractivity contribution is 5.77. The lowest BCUT2D eigenvalue weighted by Gasteiger charge is -2.36. The average molecular weight is 221 g/mol. The number of aromatic nitrogens is 1. The van der Waals surface area contributed by atoms with E-state index < -0.39 is 5.60 Å². The Bertz CT molecular complexity index is 363. The molecule has 3 N–H and O–H groups in total. The van der Waals surface area contributed by atoms with Crippen molar-refractivity contribution < 1.29 is 9.90 Å². The molecular weight excluding hydrogens is 206 g/mol. The lowest BCUT2D eigenvalue weighted by molar-refractivity contribution is -0.128. The maximum atomic E-state index is 11.5. The molecule has 0 radical (unpaired) electrons. The van der Waals surface area contributed by atoms with Crippen LogP contribution in [0.2, 0.25) is 0 Å². The fourth-order valence-corrected chi connectivity index (χ4v) is 1.59. The van der Waals surface area contributed by atoms with Crippen LogP contribution in [-0.2, 0) is 11.3 Å². The van der Waals surface area contributed by atoms with Crippen LogP contribution >= 0.6 is 0 Å². The number of carbonyl (C=O) groups is 1. The van der Waals surface area contributed by atoms with E-state index in [0.717, 1.165) is 5.69 Å². The van der Waals surface area contributed by atoms with Gasteiger partial charge in [0.05, 0.1) is 24.3 Å². The second kappa shape index (κ2) is 4.59. The molecule has 0 spiro atoms. The van der Waals surface area contributed by atoms with E-state index in [1.54, 1.807) is 6.20 Å². The van der Waals surface area contributed by atoms with Crippen molar-refractivity contribution in [1.29, 1.82) is 0 Å². The maximum absolute atomic E-state index is 11.5. The van der Waals surface area contributed by atoms with Gasteiger partial charge in [-0.1, -0.05) is 6.07 Å². The Morgan fingerprint density at radius 3 is 2.94 bits per heavy atom. The van der Waals surface area contributed by atoms with Gasteiger partial charge in [-0.05, 0) is 12.1 Å². The number of aliphatic hydroxyl groups is 1. The van der Waals surface area contributed by atoms with Crippen LogP contribution in [0.4, 0.5) is 0 Å². The van der Waals surface area contributed by atoms with Gasteiger partial charge in [0.25, 0.3) is 0 Å². The molecule has 1 aromatic rings. The van der Waals surface area contributed by atoms with E-state index in [1.807, 2.05) is 18.2 Å². The maximum Gasteiger partial charge on any atom is 0.223 e. The van der Waals surface area contributed by atoms with E-state index in [-0.39, 0.29) is 12.3 Å². The zero-order chi connectivity index (χ0) is 11.4. The molecule has 2 rings (SSSR count). The summed E-state index contributed by atoms with van der Waals surface area (Å²) in [5.74, 6) is -0.144. The number of rotatable bonds is 4. The summed E-state index contributed by atoms with van der Waals surface area (Å²) in [6.45, 7) is 1.39. The van der Waals surface area contributed by atoms with Gasteiger partial charge in [0.1, 0.15) is 0 Å². The first kappa shape index (κ1) is 11.0. The number of nitrogens with one attached hydrogen (secondary N) is 2. The van der Waals surface area contributed by atoms with Gasteiger partial charge in [-0.25, -0.2) is 0 Å². The summed E-state index contributed by atoms with van der Waals surface area (Å²) in [6.07, 6.45) is 1.83. The summed E-state index contributed by atoms with van der Waals surface area (Å²) in [5, 5.41) is 15.4. The van der Waals surface area contributed by atoms with Gasteiger partial charge in [0.2, 0.25) is 5.91 Å². The van der Waals surface area contributed by atoms with Crippen LogP contribution in [-0.4, -0.2) is 34.7 Å². The number of amides is 1. The molecule has 1 saturated heterocycles. The van der Waals surface area contributed by atoms with E-state index in [2.05, 4.69) is 15.6 Å². The summed E-state index contributed by atoms with van der Waals surface area (Å²) >= 11 is 0. The zero-order valence-electron chi connectivity index (χ0n) is 8.94. The van der Waals surface area contributed by atoms with E-state index in [0.29, 0.717) is 19.6 Å². The van der Waals surface area contributed by atoms with Crippen molar-refractivity contribution in [2.24, 2.45) is 0 Å². The van der Waals surface area contributed by atoms with E-state index >= 15 is 0 Å². The Kier molecular flexibility index (Phi) is 3.17. The van der Waals surface area contributed by atoms with Crippen molar-refractivity contribution in [2.75, 3.05) is 13.1 Å². The molecule has 0 aliphatic carbocycles. The monoisotopic (exact) mass is 221 g/mol. The zero-order valence-corrected chi connectivity index (χ0v) is 8.94. The molecule has 0 bridgehead atoms. The Hall–Kier alpha value is -1.46. The summed E-state index contributed by atoms with van der Waals surface area (Å²) < 4.78 is 0. The number of carbonyl (C=O) groups excluding carboxylic acids is 1. The third kappa shape index (κ3) is 2.77. The van der Waals surface area contributed by atoms with Crippen LogP contribution in [0, 0.1) is 0 Å². The van der Waals surface area contributed by atoms with Gasteiger partial charge in [0.15, 0.2) is 0 Å². The van der Waals surface area contributed by atoms with Gasteiger partial charge in [-0.2, -0.15) is 0 Å². The van der Waals surface area contributed by atoms with Crippen LogP contribution in [0.15, 0.2) is 24.4 Å². The van der Waals surface area contributed by atoms with Crippen LogP contribution in [0.25, 0.3) is 0 Å². The van der Waals surface area contributed by atoms with E-state index in [1.165, 1.54) is 0 Å². The first-order valence-corrected chi connectivity index (χ1v) is 5.28.